The number of hydrogen-bond donors (Lipinski definition) is 1. The van der Waals surface area contributed by atoms with Crippen molar-refractivity contribution in [3.05, 3.63) is 30.3 Å². The SMILES string of the molecule is OP([Se])(=[Se])Oc1ccccc1. The van der Waals surface area contributed by atoms with Gasteiger partial charge in [0.25, 0.3) is 0 Å². The molecule has 1 radical (unpaired) electrons. The van der Waals surface area contributed by atoms with Crippen molar-refractivity contribution in [1.82, 2.24) is 0 Å². The van der Waals surface area contributed by atoms with Crippen LogP contribution < -0.4 is 4.52 Å². The molecule has 0 aliphatic rings. The Hall–Kier alpha value is 0.449. The van der Waals surface area contributed by atoms with Gasteiger partial charge in [0.2, 0.25) is 0 Å². The van der Waals surface area contributed by atoms with E-state index in [0.29, 0.717) is 5.75 Å². The molecule has 0 aliphatic heterocycles. The molecule has 0 spiro atoms. The number of para-hydroxylation sites is 1. The van der Waals surface area contributed by atoms with Crippen LogP contribution in [0.15, 0.2) is 30.3 Å². The third-order valence-electron chi connectivity index (χ3n) is 0.964. The topological polar surface area (TPSA) is 29.5 Å². The van der Waals surface area contributed by atoms with Crippen LogP contribution in [0.4, 0.5) is 0 Å². The molecule has 1 N–H and O–H groups in total. The Morgan fingerprint density at radius 1 is 1.27 bits per heavy atom. The van der Waals surface area contributed by atoms with Crippen molar-refractivity contribution in [2.75, 3.05) is 0 Å². The van der Waals surface area contributed by atoms with Gasteiger partial charge >= 0.3 is 80.8 Å². The zero-order valence-electron chi connectivity index (χ0n) is 5.51. The monoisotopic (exact) mass is 301 g/mol. The van der Waals surface area contributed by atoms with Crippen LogP contribution >= 0.6 is 4.65 Å². The summed E-state index contributed by atoms with van der Waals surface area (Å²) in [7, 11) is 0. The van der Waals surface area contributed by atoms with E-state index < -0.39 is 4.65 Å². The van der Waals surface area contributed by atoms with Crippen LogP contribution in [-0.2, 0) is 0 Å². The molecule has 0 heterocycles. The van der Waals surface area contributed by atoms with Crippen LogP contribution in [0, 0.1) is 0 Å². The number of rotatable bonds is 2. The van der Waals surface area contributed by atoms with Crippen molar-refractivity contribution in [2.24, 2.45) is 0 Å². The Kier molecular flexibility index (Phi) is 3.39. The predicted octanol–water partition coefficient (Wildman–Crippen LogP) is 1.07. The summed E-state index contributed by atoms with van der Waals surface area (Å²) in [4.78, 5) is 9.25. The van der Waals surface area contributed by atoms with Crippen LogP contribution in [0.5, 0.6) is 5.75 Å². The second-order valence-electron chi connectivity index (χ2n) is 1.87. The summed E-state index contributed by atoms with van der Waals surface area (Å²) < 4.78 is 2.77. The molecule has 1 aromatic rings. The average molecular weight is 299 g/mol. The van der Waals surface area contributed by atoms with Crippen LogP contribution in [0.2, 0.25) is 0 Å². The van der Waals surface area contributed by atoms with Crippen LogP contribution in [0.25, 0.3) is 0 Å². The van der Waals surface area contributed by atoms with Crippen LogP contribution in [0.3, 0.4) is 0 Å². The van der Waals surface area contributed by atoms with Crippen molar-refractivity contribution in [2.45, 2.75) is 0 Å². The Bertz CT molecular complexity index is 269. The van der Waals surface area contributed by atoms with Gasteiger partial charge in [-0.05, 0) is 0 Å². The first-order chi connectivity index (χ1) is 5.08. The van der Waals surface area contributed by atoms with Crippen molar-refractivity contribution in [3.63, 3.8) is 0 Å². The van der Waals surface area contributed by atoms with E-state index in [1.165, 1.54) is 0 Å². The summed E-state index contributed by atoms with van der Waals surface area (Å²) in [6, 6.07) is 9.18. The second kappa shape index (κ2) is 3.91. The predicted molar refractivity (Wildman–Crippen MR) is 47.7 cm³/mol. The fourth-order valence-electron chi connectivity index (χ4n) is 0.615. The molecule has 0 aromatic heterocycles. The molecular formula is C6H6O2PSe2. The Morgan fingerprint density at radius 3 is 2.27 bits per heavy atom. The van der Waals surface area contributed by atoms with Gasteiger partial charge in [0, 0.05) is 0 Å². The molecule has 0 saturated carbocycles. The molecule has 2 nitrogen and oxygen atoms in total. The molecule has 1 unspecified atom stereocenters. The van der Waals surface area contributed by atoms with E-state index in [1.807, 2.05) is 18.2 Å². The molecule has 0 saturated heterocycles. The molecule has 11 heavy (non-hydrogen) atoms. The van der Waals surface area contributed by atoms with Crippen molar-refractivity contribution in [3.8, 4) is 5.75 Å². The maximum atomic E-state index is 9.25. The van der Waals surface area contributed by atoms with Gasteiger partial charge in [0.15, 0.2) is 0 Å². The minimum absolute atomic E-state index is 0.667. The standard InChI is InChI=1S/C6H6O2PSe2/c7-9(10,11)8-6-4-2-1-3-5-6/h1-5H,(H,7,10). The van der Waals surface area contributed by atoms with Gasteiger partial charge in [-0.2, -0.15) is 0 Å². The third kappa shape index (κ3) is 4.12. The first-order valence-corrected chi connectivity index (χ1v) is 8.95. The number of benzene rings is 1. The second-order valence-corrected chi connectivity index (χ2v) is 12.7. The van der Waals surface area contributed by atoms with E-state index in [-0.39, 0.29) is 0 Å². The Balaban J connectivity index is 2.74. The van der Waals surface area contributed by atoms with Gasteiger partial charge in [0.1, 0.15) is 0 Å². The van der Waals surface area contributed by atoms with Gasteiger partial charge in [-0.3, -0.25) is 0 Å². The van der Waals surface area contributed by atoms with Gasteiger partial charge in [0.05, 0.1) is 0 Å². The Morgan fingerprint density at radius 2 is 1.82 bits per heavy atom. The zero-order valence-corrected chi connectivity index (χ0v) is 9.83. The molecule has 0 fully saturated rings. The van der Waals surface area contributed by atoms with Crippen molar-refractivity contribution < 1.29 is 9.42 Å². The van der Waals surface area contributed by atoms with Crippen LogP contribution in [-0.4, -0.2) is 35.6 Å². The first-order valence-electron chi connectivity index (χ1n) is 2.86. The van der Waals surface area contributed by atoms with Gasteiger partial charge in [-0.15, -0.1) is 0 Å². The van der Waals surface area contributed by atoms with Crippen molar-refractivity contribution in [1.29, 1.82) is 0 Å². The van der Waals surface area contributed by atoms with E-state index >= 15 is 0 Å². The average Bonchev–Trinajstić information content (AvgIpc) is 1.85. The van der Waals surface area contributed by atoms with E-state index in [0.717, 1.165) is 0 Å². The van der Waals surface area contributed by atoms with Crippen molar-refractivity contribution >= 4 is 35.3 Å². The molecule has 0 bridgehead atoms. The molecule has 59 valence electrons. The van der Waals surface area contributed by atoms with Gasteiger partial charge < -0.3 is 0 Å². The molecular weight excluding hydrogens is 293 g/mol. The Labute approximate surface area is 80.8 Å². The van der Waals surface area contributed by atoms with Crippen LogP contribution in [0.1, 0.15) is 0 Å². The zero-order chi connectivity index (χ0) is 8.32. The molecule has 0 aliphatic carbocycles. The summed E-state index contributed by atoms with van der Waals surface area (Å²) in [5.41, 5.74) is 0. The molecule has 0 amide bonds. The van der Waals surface area contributed by atoms with E-state index in [1.54, 1.807) is 12.1 Å². The normalized spacial score (nSPS) is 15.5. The summed E-state index contributed by atoms with van der Waals surface area (Å²) in [5, 5.41) is 0. The van der Waals surface area contributed by atoms with Gasteiger partial charge in [-0.25, -0.2) is 0 Å². The fourth-order valence-corrected chi connectivity index (χ4v) is 2.09. The number of hydrogen-bond acceptors (Lipinski definition) is 2. The fraction of sp³-hybridized carbons (Fsp3) is 0. The summed E-state index contributed by atoms with van der Waals surface area (Å²) >= 11 is 5.11. The third-order valence-corrected chi connectivity index (χ3v) is 2.34. The minimum atomic E-state index is -2.39. The maximum absolute atomic E-state index is 9.25. The van der Waals surface area contributed by atoms with E-state index in [4.69, 9.17) is 4.52 Å². The van der Waals surface area contributed by atoms with E-state index in [9.17, 15) is 4.89 Å². The quantitative estimate of drug-likeness (QED) is 0.654. The molecule has 5 heteroatoms. The van der Waals surface area contributed by atoms with E-state index in [2.05, 4.69) is 30.7 Å². The summed E-state index contributed by atoms with van der Waals surface area (Å²) in [6.45, 7) is 0. The summed E-state index contributed by atoms with van der Waals surface area (Å²) in [6.07, 6.45) is 0. The summed E-state index contributed by atoms with van der Waals surface area (Å²) in [5.74, 6) is 0.667. The molecule has 1 aromatic carbocycles. The molecule has 1 rings (SSSR count). The first kappa shape index (κ1) is 9.54. The molecule has 1 atom stereocenters. The van der Waals surface area contributed by atoms with Gasteiger partial charge in [-0.1, -0.05) is 0 Å².